The molecule has 0 aromatic carbocycles. The second-order valence-corrected chi connectivity index (χ2v) is 3.55. The summed E-state index contributed by atoms with van der Waals surface area (Å²) in [5, 5.41) is 9.34. The van der Waals surface area contributed by atoms with Crippen LogP contribution in [0.2, 0.25) is 0 Å². The number of hydrogen-bond donors (Lipinski definition) is 1. The first-order valence-corrected chi connectivity index (χ1v) is 4.80. The van der Waals surface area contributed by atoms with Crippen molar-refractivity contribution in [2.24, 2.45) is 0 Å². The van der Waals surface area contributed by atoms with Crippen molar-refractivity contribution in [1.29, 1.82) is 0 Å². The van der Waals surface area contributed by atoms with Gasteiger partial charge in [-0.3, -0.25) is 4.79 Å². The molecule has 1 N–H and O–H groups in total. The quantitative estimate of drug-likeness (QED) is 0.634. The molecule has 0 bridgehead atoms. The number of hydrogen-bond acceptors (Lipinski definition) is 3. The molecule has 0 aromatic rings. The Bertz CT molecular complexity index is 176. The molecule has 0 aromatic heterocycles. The summed E-state index contributed by atoms with van der Waals surface area (Å²) in [6.07, 6.45) is -0.297. The van der Waals surface area contributed by atoms with Gasteiger partial charge < -0.3 is 14.9 Å². The van der Waals surface area contributed by atoms with Crippen LogP contribution in [0.25, 0.3) is 0 Å². The number of nitrogens with zero attached hydrogens (tertiary/aromatic N) is 2. The van der Waals surface area contributed by atoms with Crippen LogP contribution in [0.1, 0.15) is 13.3 Å². The highest BCUT2D eigenvalue weighted by molar-refractivity contribution is 5.80. The Morgan fingerprint density at radius 1 is 1.38 bits per heavy atom. The Hall–Kier alpha value is -0.610. The van der Waals surface area contributed by atoms with Gasteiger partial charge in [0.15, 0.2) is 0 Å². The van der Waals surface area contributed by atoms with Crippen molar-refractivity contribution in [1.82, 2.24) is 9.80 Å². The monoisotopic (exact) mass is 186 g/mol. The fourth-order valence-electron chi connectivity index (χ4n) is 1.41. The molecule has 4 nitrogen and oxygen atoms in total. The van der Waals surface area contributed by atoms with Gasteiger partial charge in [-0.25, -0.2) is 0 Å². The first-order valence-electron chi connectivity index (χ1n) is 4.80. The Balaban J connectivity index is 2.40. The zero-order valence-electron chi connectivity index (χ0n) is 8.36. The molecule has 1 saturated heterocycles. The average molecular weight is 186 g/mol. The van der Waals surface area contributed by atoms with E-state index in [0.717, 1.165) is 26.2 Å². The van der Waals surface area contributed by atoms with Gasteiger partial charge >= 0.3 is 0 Å². The van der Waals surface area contributed by atoms with Crippen LogP contribution in [0, 0.1) is 0 Å². The highest BCUT2D eigenvalue weighted by atomic mass is 16.3. The summed E-state index contributed by atoms with van der Waals surface area (Å²) in [6.45, 7) is 5.11. The van der Waals surface area contributed by atoms with Crippen molar-refractivity contribution in [3.05, 3.63) is 0 Å². The van der Waals surface area contributed by atoms with Gasteiger partial charge in [-0.05, 0) is 13.5 Å². The number of carbonyl (C=O) groups excluding carboxylic acids is 1. The molecule has 0 radical (unpaired) electrons. The van der Waals surface area contributed by atoms with Gasteiger partial charge in [0.1, 0.15) is 6.10 Å². The van der Waals surface area contributed by atoms with E-state index < -0.39 is 6.10 Å². The van der Waals surface area contributed by atoms with Crippen LogP contribution < -0.4 is 0 Å². The number of rotatable bonds is 2. The normalized spacial score (nSPS) is 21.6. The van der Waals surface area contributed by atoms with Crippen molar-refractivity contribution in [2.45, 2.75) is 19.4 Å². The zero-order valence-corrected chi connectivity index (χ0v) is 8.36. The standard InChI is InChI=1S/C9H18N2O2/c1-3-8(12)9(13)11-6-4-10(2)5-7-11/h8,12H,3-7H2,1-2H3. The SMILES string of the molecule is CCC(O)C(=O)N1CCN(C)CC1. The summed E-state index contributed by atoms with van der Waals surface area (Å²) in [6, 6.07) is 0. The molecular formula is C9H18N2O2. The van der Waals surface area contributed by atoms with Gasteiger partial charge in [-0.1, -0.05) is 6.92 Å². The van der Waals surface area contributed by atoms with Crippen LogP contribution in [0.5, 0.6) is 0 Å². The molecular weight excluding hydrogens is 168 g/mol. The largest absolute Gasteiger partial charge is 0.383 e. The van der Waals surface area contributed by atoms with E-state index >= 15 is 0 Å². The molecule has 13 heavy (non-hydrogen) atoms. The molecule has 4 heteroatoms. The first kappa shape index (κ1) is 10.5. The number of piperazine rings is 1. The maximum Gasteiger partial charge on any atom is 0.251 e. The smallest absolute Gasteiger partial charge is 0.251 e. The van der Waals surface area contributed by atoms with Crippen LogP contribution in [0.4, 0.5) is 0 Å². The summed E-state index contributed by atoms with van der Waals surface area (Å²) in [5.41, 5.74) is 0. The third-order valence-electron chi connectivity index (χ3n) is 2.49. The van der Waals surface area contributed by atoms with Crippen LogP contribution >= 0.6 is 0 Å². The van der Waals surface area contributed by atoms with Crippen LogP contribution in [0.3, 0.4) is 0 Å². The molecule has 1 aliphatic heterocycles. The van der Waals surface area contributed by atoms with Crippen LogP contribution in [0.15, 0.2) is 0 Å². The van der Waals surface area contributed by atoms with E-state index in [-0.39, 0.29) is 5.91 Å². The number of aliphatic hydroxyl groups excluding tert-OH is 1. The van der Waals surface area contributed by atoms with Crippen LogP contribution in [-0.4, -0.2) is 60.1 Å². The second kappa shape index (κ2) is 4.58. The lowest BCUT2D eigenvalue weighted by Gasteiger charge is -2.33. The summed E-state index contributed by atoms with van der Waals surface area (Å²) >= 11 is 0. The Kier molecular flexibility index (Phi) is 3.69. The molecule has 1 amide bonds. The van der Waals surface area contributed by atoms with Crippen molar-refractivity contribution in [3.63, 3.8) is 0 Å². The predicted octanol–water partition coefficient (Wildman–Crippen LogP) is -0.469. The van der Waals surface area contributed by atoms with Gasteiger partial charge in [-0.15, -0.1) is 0 Å². The van der Waals surface area contributed by atoms with Crippen molar-refractivity contribution >= 4 is 5.91 Å². The molecule has 0 saturated carbocycles. The Morgan fingerprint density at radius 2 is 1.92 bits per heavy atom. The van der Waals surface area contributed by atoms with Crippen LogP contribution in [-0.2, 0) is 4.79 Å². The minimum atomic E-state index is -0.802. The molecule has 1 rings (SSSR count). The van der Waals surface area contributed by atoms with E-state index in [9.17, 15) is 9.90 Å². The van der Waals surface area contributed by atoms with E-state index in [1.165, 1.54) is 0 Å². The molecule has 1 fully saturated rings. The van der Waals surface area contributed by atoms with Gasteiger partial charge in [-0.2, -0.15) is 0 Å². The molecule has 1 unspecified atom stereocenters. The van der Waals surface area contributed by atoms with Gasteiger partial charge in [0.2, 0.25) is 0 Å². The maximum atomic E-state index is 11.5. The summed E-state index contributed by atoms with van der Waals surface area (Å²) in [5.74, 6) is -0.115. The fourth-order valence-corrected chi connectivity index (χ4v) is 1.41. The van der Waals surface area contributed by atoms with E-state index in [0.29, 0.717) is 6.42 Å². The topological polar surface area (TPSA) is 43.8 Å². The van der Waals surface area contributed by atoms with E-state index in [4.69, 9.17) is 0 Å². The zero-order chi connectivity index (χ0) is 9.84. The first-order chi connectivity index (χ1) is 6.15. The lowest BCUT2D eigenvalue weighted by Crippen LogP contribution is -2.50. The van der Waals surface area contributed by atoms with Crippen molar-refractivity contribution in [3.8, 4) is 0 Å². The highest BCUT2D eigenvalue weighted by Crippen LogP contribution is 2.03. The molecule has 76 valence electrons. The number of carbonyl (C=O) groups is 1. The average Bonchev–Trinajstić information content (AvgIpc) is 2.17. The molecule has 0 spiro atoms. The second-order valence-electron chi connectivity index (χ2n) is 3.55. The van der Waals surface area contributed by atoms with Gasteiger partial charge in [0.25, 0.3) is 5.91 Å². The predicted molar refractivity (Wildman–Crippen MR) is 50.4 cm³/mol. The maximum absolute atomic E-state index is 11.5. The lowest BCUT2D eigenvalue weighted by atomic mass is 10.2. The van der Waals surface area contributed by atoms with Gasteiger partial charge in [0, 0.05) is 26.2 Å². The third kappa shape index (κ3) is 2.67. The number of amides is 1. The molecule has 1 heterocycles. The summed E-state index contributed by atoms with van der Waals surface area (Å²) in [4.78, 5) is 15.4. The van der Waals surface area contributed by atoms with Crippen molar-refractivity contribution in [2.75, 3.05) is 33.2 Å². The molecule has 0 aliphatic carbocycles. The number of aliphatic hydroxyl groups is 1. The van der Waals surface area contributed by atoms with E-state index in [1.54, 1.807) is 4.90 Å². The van der Waals surface area contributed by atoms with E-state index in [1.807, 2.05) is 14.0 Å². The minimum absolute atomic E-state index is 0.115. The summed E-state index contributed by atoms with van der Waals surface area (Å²) < 4.78 is 0. The number of likely N-dealkylation sites (N-methyl/N-ethyl adjacent to an activating group) is 1. The van der Waals surface area contributed by atoms with Gasteiger partial charge in [0.05, 0.1) is 0 Å². The molecule has 1 atom stereocenters. The minimum Gasteiger partial charge on any atom is -0.383 e. The van der Waals surface area contributed by atoms with E-state index in [2.05, 4.69) is 4.90 Å². The molecule has 1 aliphatic rings. The van der Waals surface area contributed by atoms with Crippen molar-refractivity contribution < 1.29 is 9.90 Å². The third-order valence-corrected chi connectivity index (χ3v) is 2.49. The Morgan fingerprint density at radius 3 is 2.38 bits per heavy atom. The fraction of sp³-hybridized carbons (Fsp3) is 0.889. The Labute approximate surface area is 79.1 Å². The highest BCUT2D eigenvalue weighted by Gasteiger charge is 2.23. The summed E-state index contributed by atoms with van der Waals surface area (Å²) in [7, 11) is 2.04. The lowest BCUT2D eigenvalue weighted by molar-refractivity contribution is -0.141.